The van der Waals surface area contributed by atoms with Crippen LogP contribution < -0.4 is 0 Å². The quantitative estimate of drug-likeness (QED) is 0.565. The van der Waals surface area contributed by atoms with Crippen LogP contribution in [0.15, 0.2) is 17.9 Å². The molecule has 0 aliphatic heterocycles. The number of fused-ring (bicyclic) bond motifs is 2. The van der Waals surface area contributed by atoms with Gasteiger partial charge in [-0.1, -0.05) is 13.8 Å². The summed E-state index contributed by atoms with van der Waals surface area (Å²) < 4.78 is 1.88. The minimum atomic E-state index is 0.457. The standard InChI is InChI=1S/C18H20N4S/c1-9(2)14-15-10(3)7-23-18(15)21-16(14)13-6-22-17(19-8-20-22)12(5)11(13)4/h6-9,21H,1-5H3. The van der Waals surface area contributed by atoms with E-state index >= 15 is 0 Å². The van der Waals surface area contributed by atoms with Crippen molar-refractivity contribution in [1.82, 2.24) is 19.6 Å². The highest BCUT2D eigenvalue weighted by atomic mass is 32.1. The van der Waals surface area contributed by atoms with Crippen LogP contribution in [-0.2, 0) is 0 Å². The molecule has 0 atom stereocenters. The van der Waals surface area contributed by atoms with E-state index in [0.29, 0.717) is 5.92 Å². The Kier molecular flexibility index (Phi) is 3.10. The van der Waals surface area contributed by atoms with Gasteiger partial charge in [0, 0.05) is 17.1 Å². The van der Waals surface area contributed by atoms with E-state index in [1.165, 1.54) is 43.7 Å². The van der Waals surface area contributed by atoms with Crippen molar-refractivity contribution in [3.8, 4) is 11.3 Å². The number of thiophene rings is 1. The van der Waals surface area contributed by atoms with Crippen molar-refractivity contribution < 1.29 is 0 Å². The molecule has 0 saturated carbocycles. The smallest absolute Gasteiger partial charge is 0.158 e. The Hall–Kier alpha value is -2.14. The maximum Gasteiger partial charge on any atom is 0.158 e. The monoisotopic (exact) mass is 324 g/mol. The molecular formula is C18H20N4S. The fraction of sp³-hybridized carbons (Fsp3) is 0.333. The lowest BCUT2D eigenvalue weighted by Gasteiger charge is -2.13. The molecule has 1 N–H and O–H groups in total. The lowest BCUT2D eigenvalue weighted by Crippen LogP contribution is -1.99. The molecule has 0 aliphatic rings. The molecule has 0 bridgehead atoms. The molecule has 5 heteroatoms. The number of rotatable bonds is 2. The molecule has 0 aliphatic carbocycles. The maximum atomic E-state index is 4.36. The molecule has 4 nitrogen and oxygen atoms in total. The van der Waals surface area contributed by atoms with Crippen LogP contribution in [0.3, 0.4) is 0 Å². The summed E-state index contributed by atoms with van der Waals surface area (Å²) in [4.78, 5) is 9.29. The molecule has 0 amide bonds. The Morgan fingerprint density at radius 3 is 2.70 bits per heavy atom. The summed E-state index contributed by atoms with van der Waals surface area (Å²) >= 11 is 1.79. The van der Waals surface area contributed by atoms with E-state index in [0.717, 1.165) is 5.65 Å². The second-order valence-electron chi connectivity index (χ2n) is 6.51. The van der Waals surface area contributed by atoms with E-state index in [2.05, 4.69) is 61.3 Å². The highest BCUT2D eigenvalue weighted by Crippen LogP contribution is 2.41. The Morgan fingerprint density at radius 2 is 1.96 bits per heavy atom. The van der Waals surface area contributed by atoms with Crippen molar-refractivity contribution in [2.24, 2.45) is 0 Å². The highest BCUT2D eigenvalue weighted by Gasteiger charge is 2.21. The number of H-pyrrole nitrogens is 1. The molecule has 4 aromatic rings. The number of hydrogen-bond donors (Lipinski definition) is 1. The van der Waals surface area contributed by atoms with E-state index in [-0.39, 0.29) is 0 Å². The third-order valence-electron chi connectivity index (χ3n) is 4.73. The molecule has 0 unspecified atom stereocenters. The number of hydrogen-bond acceptors (Lipinski definition) is 3. The third kappa shape index (κ3) is 1.96. The van der Waals surface area contributed by atoms with E-state index in [1.54, 1.807) is 17.7 Å². The van der Waals surface area contributed by atoms with Gasteiger partial charge in [0.2, 0.25) is 0 Å². The van der Waals surface area contributed by atoms with Crippen LogP contribution in [0.25, 0.3) is 27.1 Å². The van der Waals surface area contributed by atoms with Gasteiger partial charge < -0.3 is 4.98 Å². The first-order valence-corrected chi connectivity index (χ1v) is 8.76. The van der Waals surface area contributed by atoms with Gasteiger partial charge in [-0.05, 0) is 54.3 Å². The van der Waals surface area contributed by atoms with Gasteiger partial charge in [-0.3, -0.25) is 0 Å². The summed E-state index contributed by atoms with van der Waals surface area (Å²) in [6.45, 7) is 11.0. The Morgan fingerprint density at radius 1 is 1.17 bits per heavy atom. The predicted octanol–water partition coefficient (Wildman–Crippen LogP) is 4.99. The van der Waals surface area contributed by atoms with Crippen molar-refractivity contribution >= 4 is 27.2 Å². The molecule has 0 radical (unpaired) electrons. The molecule has 4 rings (SSSR count). The van der Waals surface area contributed by atoms with Crippen LogP contribution in [-0.4, -0.2) is 19.6 Å². The first-order valence-electron chi connectivity index (χ1n) is 7.88. The first kappa shape index (κ1) is 14.5. The van der Waals surface area contributed by atoms with Crippen LogP contribution >= 0.6 is 11.3 Å². The Labute approximate surface area is 139 Å². The van der Waals surface area contributed by atoms with Gasteiger partial charge in [0.15, 0.2) is 5.65 Å². The number of pyridine rings is 1. The van der Waals surface area contributed by atoms with E-state index in [4.69, 9.17) is 0 Å². The van der Waals surface area contributed by atoms with Crippen molar-refractivity contribution in [3.63, 3.8) is 0 Å². The number of aryl methyl sites for hydroxylation is 2. The summed E-state index contributed by atoms with van der Waals surface area (Å²) in [6.07, 6.45) is 3.72. The van der Waals surface area contributed by atoms with E-state index in [1.807, 2.05) is 4.52 Å². The first-order chi connectivity index (χ1) is 11.0. The zero-order valence-corrected chi connectivity index (χ0v) is 14.9. The van der Waals surface area contributed by atoms with Crippen LogP contribution in [0.5, 0.6) is 0 Å². The molecule has 4 aromatic heterocycles. The number of nitrogens with one attached hydrogen (secondary N) is 1. The largest absolute Gasteiger partial charge is 0.346 e. The lowest BCUT2D eigenvalue weighted by molar-refractivity contribution is 0.875. The molecular weight excluding hydrogens is 304 g/mol. The second kappa shape index (κ2) is 4.93. The van der Waals surface area contributed by atoms with Gasteiger partial charge in [0.05, 0.1) is 5.69 Å². The summed E-state index contributed by atoms with van der Waals surface area (Å²) in [5, 5.41) is 7.95. The summed E-state index contributed by atoms with van der Waals surface area (Å²) in [7, 11) is 0. The zero-order chi connectivity index (χ0) is 16.3. The van der Waals surface area contributed by atoms with Gasteiger partial charge in [0.1, 0.15) is 11.2 Å². The van der Waals surface area contributed by atoms with Crippen molar-refractivity contribution in [1.29, 1.82) is 0 Å². The lowest BCUT2D eigenvalue weighted by atomic mass is 9.93. The van der Waals surface area contributed by atoms with Gasteiger partial charge in [-0.25, -0.2) is 9.50 Å². The van der Waals surface area contributed by atoms with Gasteiger partial charge in [-0.2, -0.15) is 5.10 Å². The topological polar surface area (TPSA) is 46.0 Å². The molecule has 0 aromatic carbocycles. The average molecular weight is 324 g/mol. The zero-order valence-electron chi connectivity index (χ0n) is 14.1. The minimum absolute atomic E-state index is 0.457. The van der Waals surface area contributed by atoms with Gasteiger partial charge >= 0.3 is 0 Å². The third-order valence-corrected chi connectivity index (χ3v) is 5.74. The average Bonchev–Trinajstić information content (AvgIpc) is 3.18. The molecule has 0 fully saturated rings. The maximum absolute atomic E-state index is 4.36. The van der Waals surface area contributed by atoms with Crippen LogP contribution in [0, 0.1) is 20.8 Å². The van der Waals surface area contributed by atoms with Crippen LogP contribution in [0.4, 0.5) is 0 Å². The summed E-state index contributed by atoms with van der Waals surface area (Å²) in [6, 6.07) is 0. The van der Waals surface area contributed by atoms with Gasteiger partial charge in [0.25, 0.3) is 0 Å². The fourth-order valence-corrected chi connectivity index (χ4v) is 4.38. The summed E-state index contributed by atoms with van der Waals surface area (Å²) in [5.41, 5.74) is 8.58. The van der Waals surface area contributed by atoms with Crippen LogP contribution in [0.1, 0.15) is 42.0 Å². The minimum Gasteiger partial charge on any atom is -0.346 e. The molecule has 0 spiro atoms. The normalized spacial score (nSPS) is 12.1. The van der Waals surface area contributed by atoms with Crippen molar-refractivity contribution in [2.45, 2.75) is 40.5 Å². The van der Waals surface area contributed by atoms with E-state index in [9.17, 15) is 0 Å². The van der Waals surface area contributed by atoms with E-state index < -0.39 is 0 Å². The second-order valence-corrected chi connectivity index (χ2v) is 7.39. The fourth-order valence-electron chi connectivity index (χ4n) is 3.42. The highest BCUT2D eigenvalue weighted by molar-refractivity contribution is 7.17. The number of nitrogens with zero attached hydrogens (tertiary/aromatic N) is 3. The Balaban J connectivity index is 2.10. The molecule has 4 heterocycles. The van der Waals surface area contributed by atoms with Crippen LogP contribution in [0.2, 0.25) is 0 Å². The van der Waals surface area contributed by atoms with Crippen molar-refractivity contribution in [2.75, 3.05) is 0 Å². The Bertz CT molecular complexity index is 1030. The predicted molar refractivity (Wildman–Crippen MR) is 96.5 cm³/mol. The molecule has 0 saturated heterocycles. The number of aromatic nitrogens is 4. The summed E-state index contributed by atoms with van der Waals surface area (Å²) in [5.74, 6) is 0.457. The van der Waals surface area contributed by atoms with Gasteiger partial charge in [-0.15, -0.1) is 11.3 Å². The van der Waals surface area contributed by atoms with Crippen molar-refractivity contribution in [3.05, 3.63) is 40.2 Å². The molecule has 23 heavy (non-hydrogen) atoms. The SMILES string of the molecule is Cc1c(-c2[nH]c3scc(C)c3c2C(C)C)cn2ncnc2c1C. The molecule has 118 valence electrons. The number of aromatic amines is 1.